The lowest BCUT2D eigenvalue weighted by atomic mass is 10.1. The Bertz CT molecular complexity index is 906. The summed E-state index contributed by atoms with van der Waals surface area (Å²) < 4.78 is 0. The van der Waals surface area contributed by atoms with E-state index in [1.54, 1.807) is 6.20 Å². The molecular weight excluding hydrogens is 288 g/mol. The summed E-state index contributed by atoms with van der Waals surface area (Å²) >= 11 is 0. The number of anilines is 1. The molecular formula is C17H18N6. The van der Waals surface area contributed by atoms with Crippen LogP contribution in [0.5, 0.6) is 0 Å². The lowest BCUT2D eigenvalue weighted by Gasteiger charge is -2.20. The Morgan fingerprint density at radius 2 is 2.39 bits per heavy atom. The number of aromatic amines is 1. The topological polar surface area (TPSA) is 80.6 Å². The highest BCUT2D eigenvalue weighted by molar-refractivity contribution is 6.12. The molecule has 4 heterocycles. The highest BCUT2D eigenvalue weighted by atomic mass is 15.2. The summed E-state index contributed by atoms with van der Waals surface area (Å²) in [4.78, 5) is 14.3. The summed E-state index contributed by atoms with van der Waals surface area (Å²) in [7, 11) is 0. The van der Waals surface area contributed by atoms with Crippen LogP contribution >= 0.6 is 0 Å². The van der Waals surface area contributed by atoms with Crippen molar-refractivity contribution in [2.75, 3.05) is 24.5 Å². The van der Waals surface area contributed by atoms with Crippen LogP contribution in [-0.4, -0.2) is 40.6 Å². The Morgan fingerprint density at radius 3 is 3.22 bits per heavy atom. The van der Waals surface area contributed by atoms with E-state index >= 15 is 0 Å². The molecule has 116 valence electrons. The Morgan fingerprint density at radius 1 is 1.48 bits per heavy atom. The molecule has 2 N–H and O–H groups in total. The molecule has 0 aromatic carbocycles. The molecule has 3 aromatic heterocycles. The van der Waals surface area contributed by atoms with Crippen LogP contribution < -0.4 is 10.2 Å². The fourth-order valence-electron chi connectivity index (χ4n) is 3.46. The predicted molar refractivity (Wildman–Crippen MR) is 90.4 cm³/mol. The number of aromatic nitrogens is 3. The minimum absolute atomic E-state index is 0.431. The first kappa shape index (κ1) is 14.0. The van der Waals surface area contributed by atoms with E-state index in [-0.39, 0.29) is 0 Å². The van der Waals surface area contributed by atoms with Gasteiger partial charge in [-0.05, 0) is 25.1 Å². The molecule has 0 aliphatic carbocycles. The zero-order valence-electron chi connectivity index (χ0n) is 13.0. The van der Waals surface area contributed by atoms with Gasteiger partial charge in [-0.3, -0.25) is 0 Å². The second-order valence-electron chi connectivity index (χ2n) is 5.89. The minimum Gasteiger partial charge on any atom is -0.369 e. The molecule has 1 saturated heterocycles. The SMILES string of the molecule is CCNC1CCN(c2ccnc3[nH]c4cnc(C#N)cc4c23)C1. The van der Waals surface area contributed by atoms with Crippen LogP contribution in [0.25, 0.3) is 21.9 Å². The molecule has 6 heteroatoms. The Labute approximate surface area is 134 Å². The number of hydrogen-bond donors (Lipinski definition) is 2. The zero-order chi connectivity index (χ0) is 15.8. The second-order valence-corrected chi connectivity index (χ2v) is 5.89. The fraction of sp³-hybridized carbons (Fsp3) is 0.353. The van der Waals surface area contributed by atoms with E-state index in [0.29, 0.717) is 11.7 Å². The van der Waals surface area contributed by atoms with Gasteiger partial charge in [0.05, 0.1) is 17.1 Å². The minimum atomic E-state index is 0.431. The van der Waals surface area contributed by atoms with Crippen LogP contribution in [0.2, 0.25) is 0 Å². The summed E-state index contributed by atoms with van der Waals surface area (Å²) in [6.45, 7) is 5.16. The molecule has 1 atom stereocenters. The number of hydrogen-bond acceptors (Lipinski definition) is 5. The Hall–Kier alpha value is -2.65. The first-order valence-electron chi connectivity index (χ1n) is 7.95. The monoisotopic (exact) mass is 306 g/mol. The van der Waals surface area contributed by atoms with Crippen molar-refractivity contribution in [1.82, 2.24) is 20.3 Å². The average molecular weight is 306 g/mol. The summed E-state index contributed by atoms with van der Waals surface area (Å²) in [6.07, 6.45) is 4.70. The third-order valence-electron chi connectivity index (χ3n) is 4.49. The number of nitrogens with zero attached hydrogens (tertiary/aromatic N) is 4. The molecule has 4 rings (SSSR count). The molecule has 6 nitrogen and oxygen atoms in total. The predicted octanol–water partition coefficient (Wildman–Crippen LogP) is 2.17. The van der Waals surface area contributed by atoms with E-state index in [4.69, 9.17) is 5.26 Å². The first-order valence-corrected chi connectivity index (χ1v) is 7.95. The van der Waals surface area contributed by atoms with Crippen molar-refractivity contribution in [3.05, 3.63) is 30.2 Å². The van der Waals surface area contributed by atoms with Crippen molar-refractivity contribution in [3.63, 3.8) is 0 Å². The quantitative estimate of drug-likeness (QED) is 0.775. The highest BCUT2D eigenvalue weighted by Crippen LogP contribution is 2.34. The van der Waals surface area contributed by atoms with Gasteiger partial charge in [0.2, 0.25) is 0 Å². The van der Waals surface area contributed by atoms with E-state index in [1.807, 2.05) is 12.3 Å². The molecule has 1 aliphatic rings. The molecule has 0 radical (unpaired) electrons. The first-order chi connectivity index (χ1) is 11.3. The normalized spacial score (nSPS) is 17.9. The number of H-pyrrole nitrogens is 1. The van der Waals surface area contributed by atoms with Gasteiger partial charge in [-0.1, -0.05) is 6.92 Å². The number of rotatable bonds is 3. The Kier molecular flexibility index (Phi) is 3.36. The molecule has 0 amide bonds. The van der Waals surface area contributed by atoms with Crippen LogP contribution in [-0.2, 0) is 0 Å². The fourth-order valence-corrected chi connectivity index (χ4v) is 3.46. The van der Waals surface area contributed by atoms with E-state index in [1.165, 1.54) is 5.69 Å². The zero-order valence-corrected chi connectivity index (χ0v) is 13.0. The Balaban J connectivity index is 1.85. The summed E-state index contributed by atoms with van der Waals surface area (Å²) in [5.74, 6) is 0. The number of fused-ring (bicyclic) bond motifs is 3. The molecule has 23 heavy (non-hydrogen) atoms. The van der Waals surface area contributed by atoms with E-state index in [0.717, 1.165) is 48.0 Å². The standard InChI is InChI=1S/C17H18N6/c1-2-19-11-4-6-23(10-11)15-3-5-20-17-16(15)13-7-12(8-18)21-9-14(13)22-17/h3,5,7,9,11,19H,2,4,6,10H2,1H3,(H,20,22). The van der Waals surface area contributed by atoms with Crippen LogP contribution in [0.3, 0.4) is 0 Å². The van der Waals surface area contributed by atoms with E-state index in [9.17, 15) is 0 Å². The van der Waals surface area contributed by atoms with Crippen molar-refractivity contribution in [2.24, 2.45) is 0 Å². The molecule has 0 bridgehead atoms. The van der Waals surface area contributed by atoms with Crippen LogP contribution in [0.1, 0.15) is 19.0 Å². The van der Waals surface area contributed by atoms with Gasteiger partial charge in [-0.25, -0.2) is 9.97 Å². The van der Waals surface area contributed by atoms with Gasteiger partial charge in [0.1, 0.15) is 17.4 Å². The van der Waals surface area contributed by atoms with Gasteiger partial charge in [-0.15, -0.1) is 0 Å². The lowest BCUT2D eigenvalue weighted by Crippen LogP contribution is -2.32. The number of nitrogens with one attached hydrogen (secondary N) is 2. The maximum atomic E-state index is 9.12. The van der Waals surface area contributed by atoms with Gasteiger partial charge < -0.3 is 15.2 Å². The number of likely N-dealkylation sites (N-methyl/N-ethyl adjacent to an activating group) is 1. The van der Waals surface area contributed by atoms with Crippen molar-refractivity contribution >= 4 is 27.6 Å². The number of pyridine rings is 2. The smallest absolute Gasteiger partial charge is 0.141 e. The maximum absolute atomic E-state index is 9.12. The van der Waals surface area contributed by atoms with Gasteiger partial charge in [0.15, 0.2) is 0 Å². The molecule has 1 aliphatic heterocycles. The van der Waals surface area contributed by atoms with Crippen LogP contribution in [0, 0.1) is 11.3 Å². The van der Waals surface area contributed by atoms with Crippen molar-refractivity contribution in [1.29, 1.82) is 5.26 Å². The summed E-state index contributed by atoms with van der Waals surface area (Å²) in [5, 5.41) is 14.7. The van der Waals surface area contributed by atoms with Gasteiger partial charge in [0.25, 0.3) is 0 Å². The molecule has 0 spiro atoms. The summed E-state index contributed by atoms with van der Waals surface area (Å²) in [6, 6.07) is 6.56. The summed E-state index contributed by atoms with van der Waals surface area (Å²) in [5.41, 5.74) is 3.37. The largest absolute Gasteiger partial charge is 0.369 e. The molecule has 0 saturated carbocycles. The molecule has 3 aromatic rings. The number of nitriles is 1. The average Bonchev–Trinajstić information content (AvgIpc) is 3.18. The third kappa shape index (κ3) is 2.30. The second kappa shape index (κ2) is 5.52. The highest BCUT2D eigenvalue weighted by Gasteiger charge is 2.24. The van der Waals surface area contributed by atoms with Gasteiger partial charge in [-0.2, -0.15) is 5.26 Å². The maximum Gasteiger partial charge on any atom is 0.141 e. The van der Waals surface area contributed by atoms with E-state index in [2.05, 4.69) is 44.2 Å². The van der Waals surface area contributed by atoms with Crippen molar-refractivity contribution in [3.8, 4) is 6.07 Å². The van der Waals surface area contributed by atoms with Crippen molar-refractivity contribution in [2.45, 2.75) is 19.4 Å². The molecule has 1 unspecified atom stereocenters. The van der Waals surface area contributed by atoms with Gasteiger partial charge >= 0.3 is 0 Å². The van der Waals surface area contributed by atoms with Crippen molar-refractivity contribution < 1.29 is 0 Å². The lowest BCUT2D eigenvalue weighted by molar-refractivity contribution is 0.572. The van der Waals surface area contributed by atoms with Crippen LogP contribution in [0.15, 0.2) is 24.5 Å². The molecule has 1 fully saturated rings. The van der Waals surface area contributed by atoms with E-state index < -0.39 is 0 Å². The van der Waals surface area contributed by atoms with Gasteiger partial charge in [0, 0.05) is 36.4 Å². The third-order valence-corrected chi connectivity index (χ3v) is 4.49. The van der Waals surface area contributed by atoms with Crippen LogP contribution in [0.4, 0.5) is 5.69 Å².